The van der Waals surface area contributed by atoms with Crippen LogP contribution in [0.5, 0.6) is 0 Å². The lowest BCUT2D eigenvalue weighted by Gasteiger charge is -2.12. The van der Waals surface area contributed by atoms with Gasteiger partial charge in [0.25, 0.3) is 5.91 Å². The van der Waals surface area contributed by atoms with E-state index in [1.54, 1.807) is 6.08 Å². The highest BCUT2D eigenvalue weighted by Crippen LogP contribution is 2.14. The lowest BCUT2D eigenvalue weighted by molar-refractivity contribution is -0.117. The summed E-state index contributed by atoms with van der Waals surface area (Å²) >= 11 is 3.21. The van der Waals surface area contributed by atoms with Gasteiger partial charge >= 0.3 is 0 Å². The molecule has 1 aliphatic rings. The molecule has 1 heterocycles. The molecule has 4 N–H and O–H groups in total. The molecule has 0 aromatic rings. The van der Waals surface area contributed by atoms with Crippen LogP contribution in [0.25, 0.3) is 0 Å². The molecule has 0 spiro atoms. The second kappa shape index (κ2) is 3.54. The minimum atomic E-state index is -0.318. The molecule has 0 bridgehead atoms. The number of amides is 1. The highest BCUT2D eigenvalue weighted by atomic mass is 79.9. The van der Waals surface area contributed by atoms with Gasteiger partial charge in [0.2, 0.25) is 0 Å². The van der Waals surface area contributed by atoms with Crippen molar-refractivity contribution in [3.63, 3.8) is 0 Å². The molecule has 0 fully saturated rings. The maximum Gasteiger partial charge on any atom is 0.282 e. The SMILES string of the molecule is NNC(=O)C1=C(Br)C=CCN1. The first-order valence-electron chi connectivity index (χ1n) is 3.07. The van der Waals surface area contributed by atoms with Gasteiger partial charge in [0.05, 0.1) is 0 Å². The van der Waals surface area contributed by atoms with Crippen LogP contribution < -0.4 is 16.6 Å². The predicted octanol–water partition coefficient (Wildman–Crippen LogP) is -0.258. The average Bonchev–Trinajstić information content (AvgIpc) is 2.04. The maximum atomic E-state index is 11.0. The van der Waals surface area contributed by atoms with Crippen molar-refractivity contribution in [1.82, 2.24) is 10.7 Å². The Hall–Kier alpha value is -0.810. The second-order valence-corrected chi connectivity index (χ2v) is 2.83. The van der Waals surface area contributed by atoms with Gasteiger partial charge in [0.1, 0.15) is 5.70 Å². The maximum absolute atomic E-state index is 11.0. The molecule has 0 saturated heterocycles. The zero-order valence-corrected chi connectivity index (χ0v) is 7.31. The number of carbonyl (C=O) groups excluding carboxylic acids is 1. The van der Waals surface area contributed by atoms with Crippen LogP contribution in [0.2, 0.25) is 0 Å². The van der Waals surface area contributed by atoms with Crippen molar-refractivity contribution in [1.29, 1.82) is 0 Å². The van der Waals surface area contributed by atoms with Crippen molar-refractivity contribution in [3.8, 4) is 0 Å². The molecule has 1 rings (SSSR count). The molecule has 0 aromatic heterocycles. The first-order valence-corrected chi connectivity index (χ1v) is 3.86. The Morgan fingerprint density at radius 1 is 1.82 bits per heavy atom. The first-order chi connectivity index (χ1) is 5.25. The number of dihydropyridines is 1. The van der Waals surface area contributed by atoms with Crippen LogP contribution in [-0.4, -0.2) is 12.5 Å². The summed E-state index contributed by atoms with van der Waals surface area (Å²) in [6, 6.07) is 0. The molecule has 11 heavy (non-hydrogen) atoms. The summed E-state index contributed by atoms with van der Waals surface area (Å²) in [4.78, 5) is 11.0. The molecule has 0 unspecified atom stereocenters. The number of hydrogen-bond acceptors (Lipinski definition) is 3. The van der Waals surface area contributed by atoms with E-state index in [1.807, 2.05) is 11.5 Å². The number of halogens is 1. The van der Waals surface area contributed by atoms with Gasteiger partial charge in [0.15, 0.2) is 0 Å². The Labute approximate surface area is 72.6 Å². The van der Waals surface area contributed by atoms with Gasteiger partial charge in [0, 0.05) is 11.0 Å². The number of allylic oxidation sites excluding steroid dienone is 2. The minimum Gasteiger partial charge on any atom is -0.376 e. The first kappa shape index (κ1) is 8.29. The zero-order valence-electron chi connectivity index (χ0n) is 5.73. The van der Waals surface area contributed by atoms with E-state index in [0.717, 1.165) is 0 Å². The average molecular weight is 218 g/mol. The topological polar surface area (TPSA) is 67.1 Å². The number of nitrogens with two attached hydrogens (primary N) is 1. The summed E-state index contributed by atoms with van der Waals surface area (Å²) in [5.41, 5.74) is 2.51. The Morgan fingerprint density at radius 2 is 2.55 bits per heavy atom. The quantitative estimate of drug-likeness (QED) is 0.322. The zero-order chi connectivity index (χ0) is 8.27. The number of rotatable bonds is 1. The van der Waals surface area contributed by atoms with Gasteiger partial charge in [-0.25, -0.2) is 5.84 Å². The Bertz CT molecular complexity index is 234. The van der Waals surface area contributed by atoms with Gasteiger partial charge in [-0.2, -0.15) is 0 Å². The van der Waals surface area contributed by atoms with Gasteiger partial charge in [-0.3, -0.25) is 10.2 Å². The van der Waals surface area contributed by atoms with Crippen LogP contribution >= 0.6 is 15.9 Å². The number of nitrogens with one attached hydrogen (secondary N) is 2. The molecule has 4 nitrogen and oxygen atoms in total. The largest absolute Gasteiger partial charge is 0.376 e. The van der Waals surface area contributed by atoms with Gasteiger partial charge in [-0.1, -0.05) is 6.08 Å². The van der Waals surface area contributed by atoms with Crippen LogP contribution in [0.3, 0.4) is 0 Å². The fourth-order valence-electron chi connectivity index (χ4n) is 0.752. The molecule has 0 aliphatic carbocycles. The van der Waals surface area contributed by atoms with Crippen molar-refractivity contribution in [2.45, 2.75) is 0 Å². The highest BCUT2D eigenvalue weighted by Gasteiger charge is 2.12. The third-order valence-corrected chi connectivity index (χ3v) is 1.92. The molecular formula is C6H8BrN3O. The fourth-order valence-corrected chi connectivity index (χ4v) is 1.26. The smallest absolute Gasteiger partial charge is 0.282 e. The van der Waals surface area contributed by atoms with E-state index in [0.29, 0.717) is 16.7 Å². The standard InChI is InChI=1S/C6H8BrN3O/c7-4-2-1-3-9-5(4)6(11)10-8/h1-2,9H,3,8H2,(H,10,11). The van der Waals surface area contributed by atoms with E-state index in [1.165, 1.54) is 0 Å². The Morgan fingerprint density at radius 3 is 3.09 bits per heavy atom. The van der Waals surface area contributed by atoms with E-state index in [9.17, 15) is 4.79 Å². The molecule has 5 heteroatoms. The summed E-state index contributed by atoms with van der Waals surface area (Å²) in [6.07, 6.45) is 3.71. The van der Waals surface area contributed by atoms with Crippen LogP contribution in [0.1, 0.15) is 0 Å². The number of hydrogen-bond donors (Lipinski definition) is 3. The van der Waals surface area contributed by atoms with Crippen LogP contribution in [0.15, 0.2) is 22.3 Å². The molecule has 1 amide bonds. The summed E-state index contributed by atoms with van der Waals surface area (Å²) in [6.45, 7) is 0.651. The summed E-state index contributed by atoms with van der Waals surface area (Å²) < 4.78 is 0.715. The van der Waals surface area contributed by atoms with Crippen LogP contribution in [-0.2, 0) is 4.79 Å². The Balaban J connectivity index is 2.83. The van der Waals surface area contributed by atoms with Gasteiger partial charge in [-0.05, 0) is 22.0 Å². The van der Waals surface area contributed by atoms with E-state index in [-0.39, 0.29) is 5.91 Å². The summed E-state index contributed by atoms with van der Waals surface area (Å²) in [5.74, 6) is 4.63. The molecular weight excluding hydrogens is 210 g/mol. The van der Waals surface area contributed by atoms with Crippen molar-refractivity contribution in [2.24, 2.45) is 5.84 Å². The third kappa shape index (κ3) is 1.81. The predicted molar refractivity (Wildman–Crippen MR) is 45.4 cm³/mol. The minimum absolute atomic E-state index is 0.318. The van der Waals surface area contributed by atoms with Crippen molar-refractivity contribution >= 4 is 21.8 Å². The van der Waals surface area contributed by atoms with Gasteiger partial charge in [-0.15, -0.1) is 0 Å². The van der Waals surface area contributed by atoms with E-state index in [2.05, 4.69) is 21.2 Å². The molecule has 60 valence electrons. The lowest BCUT2D eigenvalue weighted by Crippen LogP contribution is -2.37. The lowest BCUT2D eigenvalue weighted by atomic mass is 10.3. The normalized spacial score (nSPS) is 16.2. The molecule has 0 atom stereocenters. The van der Waals surface area contributed by atoms with Crippen molar-refractivity contribution < 1.29 is 4.79 Å². The number of carbonyl (C=O) groups is 1. The fraction of sp³-hybridized carbons (Fsp3) is 0.167. The molecule has 1 aliphatic heterocycles. The van der Waals surface area contributed by atoms with E-state index in [4.69, 9.17) is 5.84 Å². The molecule has 0 saturated carbocycles. The summed E-state index contributed by atoms with van der Waals surface area (Å²) in [7, 11) is 0. The van der Waals surface area contributed by atoms with Gasteiger partial charge < -0.3 is 5.32 Å². The van der Waals surface area contributed by atoms with Crippen molar-refractivity contribution in [3.05, 3.63) is 22.3 Å². The van der Waals surface area contributed by atoms with Crippen LogP contribution in [0, 0.1) is 0 Å². The molecule has 0 radical (unpaired) electrons. The summed E-state index contributed by atoms with van der Waals surface area (Å²) in [5, 5.41) is 2.87. The third-order valence-electron chi connectivity index (χ3n) is 1.26. The van der Waals surface area contributed by atoms with Crippen LogP contribution in [0.4, 0.5) is 0 Å². The van der Waals surface area contributed by atoms with E-state index < -0.39 is 0 Å². The monoisotopic (exact) mass is 217 g/mol. The highest BCUT2D eigenvalue weighted by molar-refractivity contribution is 9.11. The molecule has 0 aromatic carbocycles. The van der Waals surface area contributed by atoms with Crippen molar-refractivity contribution in [2.75, 3.05) is 6.54 Å². The number of hydrazine groups is 1. The van der Waals surface area contributed by atoms with E-state index >= 15 is 0 Å². The second-order valence-electron chi connectivity index (χ2n) is 1.98. The Kier molecular flexibility index (Phi) is 2.67.